The van der Waals surface area contributed by atoms with Gasteiger partial charge in [0, 0.05) is 5.69 Å². The van der Waals surface area contributed by atoms with Gasteiger partial charge in [-0.1, -0.05) is 42.5 Å². The normalized spacial score (nSPS) is 11.9. The highest BCUT2D eigenvalue weighted by Crippen LogP contribution is 2.21. The average molecular weight is 372 g/mol. The highest BCUT2D eigenvalue weighted by atomic mass is 16.3. The van der Waals surface area contributed by atoms with Crippen LogP contribution >= 0.6 is 0 Å². The van der Waals surface area contributed by atoms with Gasteiger partial charge < -0.3 is 20.7 Å². The monoisotopic (exact) mass is 372 g/mol. The number of urea groups is 1. The maximum absolute atomic E-state index is 12.6. The number of benzene rings is 3. The molecular formula is C22H20N4O2. The molecule has 1 atom stereocenters. The molecule has 1 heterocycles. The van der Waals surface area contributed by atoms with Gasteiger partial charge in [0.05, 0.1) is 17.1 Å². The summed E-state index contributed by atoms with van der Waals surface area (Å²) < 4.78 is 0. The maximum Gasteiger partial charge on any atom is 0.319 e. The van der Waals surface area contributed by atoms with Gasteiger partial charge in [-0.15, -0.1) is 0 Å². The van der Waals surface area contributed by atoms with Crippen molar-refractivity contribution in [2.75, 3.05) is 5.32 Å². The lowest BCUT2D eigenvalue weighted by molar-refractivity contribution is 0.248. The number of fused-ring (bicyclic) bond motifs is 1. The summed E-state index contributed by atoms with van der Waals surface area (Å²) in [6, 6.07) is 23.3. The van der Waals surface area contributed by atoms with E-state index < -0.39 is 0 Å². The minimum Gasteiger partial charge on any atom is -0.508 e. The number of phenols is 1. The number of H-pyrrole nitrogens is 1. The predicted octanol–water partition coefficient (Wildman–Crippen LogP) is 4.37. The molecular weight excluding hydrogens is 352 g/mol. The Hall–Kier alpha value is -3.80. The summed E-state index contributed by atoms with van der Waals surface area (Å²) in [5.74, 6) is 0.885. The molecule has 1 aromatic heterocycles. The minimum absolute atomic E-state index is 0.207. The fourth-order valence-electron chi connectivity index (χ4n) is 3.07. The molecule has 0 saturated heterocycles. The number of rotatable bonds is 5. The third kappa shape index (κ3) is 4.12. The van der Waals surface area contributed by atoms with Crippen molar-refractivity contribution in [2.45, 2.75) is 12.5 Å². The van der Waals surface area contributed by atoms with E-state index in [2.05, 4.69) is 20.6 Å². The van der Waals surface area contributed by atoms with Crippen molar-refractivity contribution in [1.82, 2.24) is 15.3 Å². The van der Waals surface area contributed by atoms with E-state index in [-0.39, 0.29) is 17.8 Å². The Balaban J connectivity index is 1.58. The summed E-state index contributed by atoms with van der Waals surface area (Å²) in [4.78, 5) is 20.5. The van der Waals surface area contributed by atoms with E-state index in [1.165, 1.54) is 0 Å². The molecule has 4 aromatic rings. The number of hydrogen-bond acceptors (Lipinski definition) is 3. The Morgan fingerprint density at radius 2 is 1.68 bits per heavy atom. The van der Waals surface area contributed by atoms with Gasteiger partial charge in [0.1, 0.15) is 11.6 Å². The molecule has 0 aliphatic carbocycles. The van der Waals surface area contributed by atoms with Crippen LogP contribution in [-0.2, 0) is 6.42 Å². The SMILES string of the molecule is O=C(Nc1ccccc1)N[C@@H](Cc1ccc(O)cc1)c1nc2ccccc2[nH]1. The van der Waals surface area contributed by atoms with Crippen LogP contribution in [0.25, 0.3) is 11.0 Å². The molecule has 0 aliphatic heterocycles. The highest BCUT2D eigenvalue weighted by molar-refractivity contribution is 5.89. The lowest BCUT2D eigenvalue weighted by Gasteiger charge is -2.17. The van der Waals surface area contributed by atoms with Crippen molar-refractivity contribution >= 4 is 22.8 Å². The number of nitrogens with one attached hydrogen (secondary N) is 3. The Morgan fingerprint density at radius 1 is 0.964 bits per heavy atom. The molecule has 6 heteroatoms. The Morgan fingerprint density at radius 3 is 2.43 bits per heavy atom. The van der Waals surface area contributed by atoms with E-state index in [4.69, 9.17) is 0 Å². The number of anilines is 1. The third-order valence-electron chi connectivity index (χ3n) is 4.45. The summed E-state index contributed by atoms with van der Waals surface area (Å²) in [5.41, 5.74) is 3.45. The lowest BCUT2D eigenvalue weighted by atomic mass is 10.1. The second-order valence-electron chi connectivity index (χ2n) is 6.53. The van der Waals surface area contributed by atoms with Crippen molar-refractivity contribution in [3.8, 4) is 5.75 Å². The number of aromatic nitrogens is 2. The van der Waals surface area contributed by atoms with Gasteiger partial charge in [-0.2, -0.15) is 0 Å². The molecule has 6 nitrogen and oxygen atoms in total. The Kier molecular flexibility index (Phi) is 4.93. The number of phenolic OH excluding ortho intramolecular Hbond substituents is 1. The number of aromatic amines is 1. The summed E-state index contributed by atoms with van der Waals surface area (Å²) >= 11 is 0. The first-order valence-electron chi connectivity index (χ1n) is 9.02. The van der Waals surface area contributed by atoms with E-state index in [1.54, 1.807) is 12.1 Å². The quantitative estimate of drug-likeness (QED) is 0.419. The predicted molar refractivity (Wildman–Crippen MR) is 109 cm³/mol. The van der Waals surface area contributed by atoms with Gasteiger partial charge in [-0.3, -0.25) is 0 Å². The van der Waals surface area contributed by atoms with Crippen molar-refractivity contribution in [1.29, 1.82) is 0 Å². The van der Waals surface area contributed by atoms with Gasteiger partial charge in [0.25, 0.3) is 0 Å². The molecule has 4 N–H and O–H groups in total. The standard InChI is InChI=1S/C22H20N4O2/c27-17-12-10-15(11-13-17)14-20(21-24-18-8-4-5-9-19(18)25-21)26-22(28)23-16-6-2-1-3-7-16/h1-13,20,27H,14H2,(H,24,25)(H2,23,26,28)/t20-/m0/s1. The molecule has 0 bridgehead atoms. The molecule has 0 aliphatic rings. The molecule has 0 fully saturated rings. The van der Waals surface area contributed by atoms with Crippen molar-refractivity contribution in [3.63, 3.8) is 0 Å². The molecule has 0 unspecified atom stereocenters. The number of nitrogens with zero attached hydrogens (tertiary/aromatic N) is 1. The molecule has 0 spiro atoms. The van der Waals surface area contributed by atoms with Crippen LogP contribution in [0.4, 0.5) is 10.5 Å². The number of para-hydroxylation sites is 3. The van der Waals surface area contributed by atoms with Crippen molar-refractivity contribution < 1.29 is 9.90 Å². The van der Waals surface area contributed by atoms with E-state index in [1.807, 2.05) is 66.7 Å². The van der Waals surface area contributed by atoms with Gasteiger partial charge >= 0.3 is 6.03 Å². The first kappa shape index (κ1) is 17.6. The van der Waals surface area contributed by atoms with E-state index in [9.17, 15) is 9.90 Å². The summed E-state index contributed by atoms with van der Waals surface area (Å²) in [5, 5.41) is 15.4. The first-order valence-corrected chi connectivity index (χ1v) is 9.02. The molecule has 2 amide bonds. The van der Waals surface area contributed by atoms with E-state index in [0.29, 0.717) is 17.9 Å². The maximum atomic E-state index is 12.6. The van der Waals surface area contributed by atoms with Crippen LogP contribution in [0.1, 0.15) is 17.4 Å². The van der Waals surface area contributed by atoms with Crippen molar-refractivity contribution in [3.05, 3.63) is 90.3 Å². The number of imidazole rings is 1. The van der Waals surface area contributed by atoms with Crippen LogP contribution in [0, 0.1) is 0 Å². The topological polar surface area (TPSA) is 90.0 Å². The van der Waals surface area contributed by atoms with Gasteiger partial charge in [-0.05, 0) is 48.4 Å². The van der Waals surface area contributed by atoms with E-state index >= 15 is 0 Å². The second kappa shape index (κ2) is 7.84. The van der Waals surface area contributed by atoms with E-state index in [0.717, 1.165) is 16.6 Å². The van der Waals surface area contributed by atoms with Gasteiger partial charge in [0.2, 0.25) is 0 Å². The number of aromatic hydroxyl groups is 1. The first-order chi connectivity index (χ1) is 13.7. The Labute approximate surface area is 162 Å². The zero-order valence-electron chi connectivity index (χ0n) is 15.1. The molecule has 3 aromatic carbocycles. The van der Waals surface area contributed by atoms with Crippen LogP contribution in [0.5, 0.6) is 5.75 Å². The number of carbonyl (C=O) groups excluding carboxylic acids is 1. The fourth-order valence-corrected chi connectivity index (χ4v) is 3.07. The molecule has 140 valence electrons. The van der Waals surface area contributed by atoms with Gasteiger partial charge in [-0.25, -0.2) is 9.78 Å². The zero-order valence-corrected chi connectivity index (χ0v) is 15.1. The zero-order chi connectivity index (χ0) is 19.3. The summed E-state index contributed by atoms with van der Waals surface area (Å²) in [6.45, 7) is 0. The lowest BCUT2D eigenvalue weighted by Crippen LogP contribution is -2.34. The number of hydrogen-bond donors (Lipinski definition) is 4. The molecule has 4 rings (SSSR count). The van der Waals surface area contributed by atoms with Crippen LogP contribution in [0.3, 0.4) is 0 Å². The fraction of sp³-hybridized carbons (Fsp3) is 0.0909. The van der Waals surface area contributed by atoms with Crippen LogP contribution < -0.4 is 10.6 Å². The molecule has 0 radical (unpaired) electrons. The smallest absolute Gasteiger partial charge is 0.319 e. The van der Waals surface area contributed by atoms with Crippen LogP contribution in [0.2, 0.25) is 0 Å². The van der Waals surface area contributed by atoms with Crippen molar-refractivity contribution in [2.24, 2.45) is 0 Å². The largest absolute Gasteiger partial charge is 0.508 e. The molecule has 28 heavy (non-hydrogen) atoms. The third-order valence-corrected chi connectivity index (χ3v) is 4.45. The van der Waals surface area contributed by atoms with Gasteiger partial charge in [0.15, 0.2) is 0 Å². The van der Waals surface area contributed by atoms with Crippen LogP contribution in [0.15, 0.2) is 78.9 Å². The summed E-state index contributed by atoms with van der Waals surface area (Å²) in [6.07, 6.45) is 0.530. The second-order valence-corrected chi connectivity index (χ2v) is 6.53. The number of carbonyl (C=O) groups is 1. The Bertz CT molecular complexity index is 1040. The molecule has 0 saturated carbocycles. The highest BCUT2D eigenvalue weighted by Gasteiger charge is 2.19. The van der Waals surface area contributed by atoms with Crippen LogP contribution in [-0.4, -0.2) is 21.1 Å². The average Bonchev–Trinajstić information content (AvgIpc) is 3.14. The minimum atomic E-state index is -0.361. The number of amides is 2. The summed E-state index contributed by atoms with van der Waals surface area (Å²) in [7, 11) is 0.